The molecule has 3 rings (SSSR count). The molecule has 0 fully saturated rings. The van der Waals surface area contributed by atoms with E-state index >= 15 is 0 Å². The molecule has 0 unspecified atom stereocenters. The van der Waals surface area contributed by atoms with Gasteiger partial charge in [0.05, 0.1) is 11.6 Å². The molecule has 1 heterocycles. The molecule has 7 heteroatoms. The van der Waals surface area contributed by atoms with E-state index in [-0.39, 0.29) is 17.4 Å². The first-order valence-electron chi connectivity index (χ1n) is 8.64. The third-order valence-corrected chi connectivity index (χ3v) is 4.62. The minimum Gasteiger partial charge on any atom is -0.330 e. The molecule has 2 aromatic carbocycles. The molecule has 3 aromatic rings. The maximum Gasteiger partial charge on any atom is 0.319 e. The number of nitrogens with zero attached hydrogens (tertiary/aromatic N) is 1. The molecule has 2 amide bonds. The molecular formula is C21H19ClFN3O2. The molecule has 28 heavy (non-hydrogen) atoms. The number of carbonyl (C=O) groups excluding carboxylic acids is 2. The second-order valence-corrected chi connectivity index (χ2v) is 6.72. The van der Waals surface area contributed by atoms with E-state index in [1.54, 1.807) is 43.3 Å². The van der Waals surface area contributed by atoms with Crippen LogP contribution in [0.25, 0.3) is 5.69 Å². The van der Waals surface area contributed by atoms with Crippen molar-refractivity contribution < 1.29 is 14.0 Å². The van der Waals surface area contributed by atoms with Crippen molar-refractivity contribution in [2.24, 2.45) is 0 Å². The quantitative estimate of drug-likeness (QED) is 0.600. The summed E-state index contributed by atoms with van der Waals surface area (Å²) in [4.78, 5) is 24.6. The standard InChI is InChI=1S/C21H19ClFN3O2/c1-13-10-17(14(2)26(13)16-8-9-19(23)18(22)11-16)20(27)12-24-21(28)25-15-6-4-3-5-7-15/h3-11H,12H2,1-2H3,(H2,24,25,28). The van der Waals surface area contributed by atoms with Crippen LogP contribution in [-0.2, 0) is 0 Å². The summed E-state index contributed by atoms with van der Waals surface area (Å²) in [6.45, 7) is 3.49. The van der Waals surface area contributed by atoms with Crippen LogP contribution in [-0.4, -0.2) is 22.9 Å². The van der Waals surface area contributed by atoms with E-state index in [1.807, 2.05) is 17.6 Å². The zero-order chi connectivity index (χ0) is 20.3. The number of carbonyl (C=O) groups is 2. The zero-order valence-corrected chi connectivity index (χ0v) is 16.2. The number of hydrogen-bond acceptors (Lipinski definition) is 2. The van der Waals surface area contributed by atoms with Crippen LogP contribution in [0, 0.1) is 19.7 Å². The van der Waals surface area contributed by atoms with Crippen LogP contribution in [0.15, 0.2) is 54.6 Å². The third-order valence-electron chi connectivity index (χ3n) is 4.33. The molecule has 0 aliphatic heterocycles. The molecule has 2 N–H and O–H groups in total. The highest BCUT2D eigenvalue weighted by atomic mass is 35.5. The van der Waals surface area contributed by atoms with Gasteiger partial charge in [0.25, 0.3) is 0 Å². The Morgan fingerprint density at radius 2 is 1.79 bits per heavy atom. The van der Waals surface area contributed by atoms with Crippen LogP contribution in [0.2, 0.25) is 5.02 Å². The second kappa shape index (κ2) is 8.27. The van der Waals surface area contributed by atoms with Crippen LogP contribution in [0.3, 0.4) is 0 Å². The van der Waals surface area contributed by atoms with Crippen LogP contribution < -0.4 is 10.6 Å². The van der Waals surface area contributed by atoms with Crippen LogP contribution >= 0.6 is 11.6 Å². The molecule has 144 valence electrons. The Balaban J connectivity index is 1.72. The number of nitrogens with one attached hydrogen (secondary N) is 2. The van der Waals surface area contributed by atoms with Gasteiger partial charge in [-0.2, -0.15) is 0 Å². The molecule has 1 aromatic heterocycles. The Morgan fingerprint density at radius 1 is 1.07 bits per heavy atom. The number of anilines is 1. The van der Waals surface area contributed by atoms with Crippen molar-refractivity contribution in [3.8, 4) is 5.69 Å². The number of aryl methyl sites for hydroxylation is 1. The number of aromatic nitrogens is 1. The monoisotopic (exact) mass is 399 g/mol. The van der Waals surface area contributed by atoms with E-state index in [0.29, 0.717) is 22.6 Å². The van der Waals surface area contributed by atoms with Gasteiger partial charge in [0.1, 0.15) is 5.82 Å². The van der Waals surface area contributed by atoms with Gasteiger partial charge >= 0.3 is 6.03 Å². The summed E-state index contributed by atoms with van der Waals surface area (Å²) in [6.07, 6.45) is 0. The van der Waals surface area contributed by atoms with Crippen molar-refractivity contribution in [1.29, 1.82) is 0 Å². The molecule has 0 radical (unpaired) electrons. The summed E-state index contributed by atoms with van der Waals surface area (Å²) < 4.78 is 15.3. The van der Waals surface area contributed by atoms with Crippen LogP contribution in [0.5, 0.6) is 0 Å². The molecule has 0 aliphatic rings. The minimum absolute atomic E-state index is 0.0112. The molecule has 0 aliphatic carbocycles. The molecular weight excluding hydrogens is 381 g/mol. The van der Waals surface area contributed by atoms with Crippen molar-refractivity contribution in [3.63, 3.8) is 0 Å². The Bertz CT molecular complexity index is 1030. The lowest BCUT2D eigenvalue weighted by molar-refractivity contribution is 0.0992. The SMILES string of the molecule is Cc1cc(C(=O)CNC(=O)Nc2ccccc2)c(C)n1-c1ccc(F)c(Cl)c1. The Kier molecular flexibility index (Phi) is 5.80. The predicted octanol–water partition coefficient (Wildman–Crippen LogP) is 4.89. The van der Waals surface area contributed by atoms with Gasteiger partial charge in [0.2, 0.25) is 0 Å². The number of halogens is 2. The zero-order valence-electron chi connectivity index (χ0n) is 15.4. The Labute approximate surface area is 167 Å². The maximum absolute atomic E-state index is 13.4. The lowest BCUT2D eigenvalue weighted by atomic mass is 10.1. The van der Waals surface area contributed by atoms with E-state index in [4.69, 9.17) is 11.6 Å². The maximum atomic E-state index is 13.4. The normalized spacial score (nSPS) is 10.6. The number of rotatable bonds is 5. The number of ketones is 1. The first-order valence-corrected chi connectivity index (χ1v) is 9.02. The number of Topliss-reactive ketones (excluding diaryl/α,β-unsaturated/α-hetero) is 1. The van der Waals surface area contributed by atoms with Crippen LogP contribution in [0.1, 0.15) is 21.7 Å². The summed E-state index contributed by atoms with van der Waals surface area (Å²) >= 11 is 5.88. The molecule has 0 saturated heterocycles. The highest BCUT2D eigenvalue weighted by Gasteiger charge is 2.18. The van der Waals surface area contributed by atoms with Crippen molar-refractivity contribution in [2.75, 3.05) is 11.9 Å². The number of para-hydroxylation sites is 1. The minimum atomic E-state index is -0.502. The molecule has 0 saturated carbocycles. The summed E-state index contributed by atoms with van der Waals surface area (Å²) in [5.74, 6) is -0.728. The first kappa shape index (κ1) is 19.6. The topological polar surface area (TPSA) is 63.1 Å². The average molecular weight is 400 g/mol. The second-order valence-electron chi connectivity index (χ2n) is 6.32. The van der Waals surface area contributed by atoms with Gasteiger partial charge in [-0.25, -0.2) is 9.18 Å². The summed E-state index contributed by atoms with van der Waals surface area (Å²) in [6, 6.07) is 14.6. The van der Waals surface area contributed by atoms with Crippen molar-refractivity contribution >= 4 is 29.1 Å². The van der Waals surface area contributed by atoms with E-state index in [2.05, 4.69) is 10.6 Å². The lowest BCUT2D eigenvalue weighted by Gasteiger charge is -2.11. The fraction of sp³-hybridized carbons (Fsp3) is 0.143. The fourth-order valence-electron chi connectivity index (χ4n) is 3.02. The highest BCUT2D eigenvalue weighted by Crippen LogP contribution is 2.24. The van der Waals surface area contributed by atoms with Crippen molar-refractivity contribution in [2.45, 2.75) is 13.8 Å². The summed E-state index contributed by atoms with van der Waals surface area (Å²) in [5, 5.41) is 5.23. The number of amides is 2. The van der Waals surface area contributed by atoms with Gasteiger partial charge in [0, 0.05) is 28.3 Å². The average Bonchev–Trinajstić information content (AvgIpc) is 2.97. The molecule has 0 atom stereocenters. The fourth-order valence-corrected chi connectivity index (χ4v) is 3.19. The van der Waals surface area contributed by atoms with Gasteiger partial charge in [-0.3, -0.25) is 4.79 Å². The Morgan fingerprint density at radius 3 is 2.46 bits per heavy atom. The van der Waals surface area contributed by atoms with Crippen molar-refractivity contribution in [1.82, 2.24) is 9.88 Å². The smallest absolute Gasteiger partial charge is 0.319 e. The van der Waals surface area contributed by atoms with E-state index in [1.165, 1.54) is 12.1 Å². The van der Waals surface area contributed by atoms with Gasteiger partial charge in [-0.15, -0.1) is 0 Å². The summed E-state index contributed by atoms with van der Waals surface area (Å²) in [7, 11) is 0. The number of urea groups is 1. The molecule has 5 nitrogen and oxygen atoms in total. The Hall–Kier alpha value is -3.12. The van der Waals surface area contributed by atoms with Gasteiger partial charge < -0.3 is 15.2 Å². The van der Waals surface area contributed by atoms with Crippen molar-refractivity contribution in [3.05, 3.63) is 82.4 Å². The number of benzene rings is 2. The van der Waals surface area contributed by atoms with E-state index in [0.717, 1.165) is 5.69 Å². The highest BCUT2D eigenvalue weighted by molar-refractivity contribution is 6.30. The number of hydrogen-bond donors (Lipinski definition) is 2. The first-order chi connectivity index (χ1) is 13.4. The van der Waals surface area contributed by atoms with Gasteiger partial charge in [-0.05, 0) is 50.2 Å². The molecule has 0 bridgehead atoms. The summed E-state index contributed by atoms with van der Waals surface area (Å²) in [5.41, 5.74) is 3.28. The lowest BCUT2D eigenvalue weighted by Crippen LogP contribution is -2.33. The van der Waals surface area contributed by atoms with E-state index < -0.39 is 11.8 Å². The van der Waals surface area contributed by atoms with Crippen LogP contribution in [0.4, 0.5) is 14.9 Å². The third kappa shape index (κ3) is 4.23. The predicted molar refractivity (Wildman–Crippen MR) is 108 cm³/mol. The van der Waals surface area contributed by atoms with E-state index in [9.17, 15) is 14.0 Å². The molecule has 0 spiro atoms. The largest absolute Gasteiger partial charge is 0.330 e. The van der Waals surface area contributed by atoms with Gasteiger partial charge in [0.15, 0.2) is 5.78 Å². The van der Waals surface area contributed by atoms with Gasteiger partial charge in [-0.1, -0.05) is 29.8 Å².